The Balaban J connectivity index is 1.67. The molecular weight excluding hydrogens is 496 g/mol. The number of benzene rings is 2. The van der Waals surface area contributed by atoms with Gasteiger partial charge in [0.1, 0.15) is 0 Å². The molecule has 0 N–H and O–H groups in total. The number of fused-ring (bicyclic) bond motifs is 4. The zero-order chi connectivity index (χ0) is 27.5. The molecule has 8 heteroatoms. The Bertz CT molecular complexity index is 1500. The van der Waals surface area contributed by atoms with Gasteiger partial charge >= 0.3 is 5.97 Å². The van der Waals surface area contributed by atoms with Gasteiger partial charge in [-0.15, -0.1) is 0 Å². The highest BCUT2D eigenvalue weighted by molar-refractivity contribution is 6.09. The van der Waals surface area contributed by atoms with Crippen LogP contribution in [0.3, 0.4) is 0 Å². The van der Waals surface area contributed by atoms with Crippen LogP contribution in [0.15, 0.2) is 42.6 Å². The molecule has 0 saturated carbocycles. The van der Waals surface area contributed by atoms with Crippen molar-refractivity contribution in [2.24, 2.45) is 0 Å². The third-order valence-corrected chi connectivity index (χ3v) is 7.46. The number of carbonyl (C=O) groups is 1. The molecule has 2 aromatic carbocycles. The van der Waals surface area contributed by atoms with Crippen molar-refractivity contribution in [2.75, 3.05) is 47.8 Å². The Labute approximate surface area is 229 Å². The van der Waals surface area contributed by atoms with Crippen molar-refractivity contribution in [2.45, 2.75) is 33.4 Å². The van der Waals surface area contributed by atoms with Gasteiger partial charge in [0.15, 0.2) is 11.5 Å². The average Bonchev–Trinajstić information content (AvgIpc) is 3.50. The molecule has 39 heavy (non-hydrogen) atoms. The number of aromatic nitrogens is 2. The summed E-state index contributed by atoms with van der Waals surface area (Å²) in [5, 5.41) is 1.08. The smallest absolute Gasteiger partial charge is 0.340 e. The third-order valence-electron chi connectivity index (χ3n) is 7.46. The van der Waals surface area contributed by atoms with E-state index in [4.69, 9.17) is 23.7 Å². The van der Waals surface area contributed by atoms with Gasteiger partial charge in [0, 0.05) is 54.1 Å². The maximum absolute atomic E-state index is 13.7. The number of rotatable bonds is 11. The average molecular weight is 533 g/mol. The predicted molar refractivity (Wildman–Crippen MR) is 151 cm³/mol. The second-order valence-corrected chi connectivity index (χ2v) is 9.52. The van der Waals surface area contributed by atoms with Gasteiger partial charge in [-0.3, -0.25) is 0 Å². The van der Waals surface area contributed by atoms with Crippen molar-refractivity contribution in [1.82, 2.24) is 9.13 Å². The van der Waals surface area contributed by atoms with Crippen molar-refractivity contribution < 1.29 is 28.5 Å². The van der Waals surface area contributed by atoms with Crippen LogP contribution in [0.5, 0.6) is 11.5 Å². The molecule has 0 spiro atoms. The summed E-state index contributed by atoms with van der Waals surface area (Å²) in [4.78, 5) is 13.7. The molecule has 0 atom stereocenters. The van der Waals surface area contributed by atoms with Crippen LogP contribution in [0.2, 0.25) is 0 Å². The van der Waals surface area contributed by atoms with Gasteiger partial charge in [0.25, 0.3) is 0 Å². The van der Waals surface area contributed by atoms with Crippen molar-refractivity contribution in [3.05, 3.63) is 59.4 Å². The standard InChI is InChI=1S/C31H36N2O6/c1-6-39-31(34)29-28(23-8-7-9-25-22(23)11-12-32(25)14-15-38-17-16-35-3)20(2)33-13-10-21-18-26(36-4)27(37-5)19-24(21)30(29)33/h7-9,11-12,18-19H,6,10,13-17H2,1-5H3. The molecule has 0 bridgehead atoms. The first-order valence-corrected chi connectivity index (χ1v) is 13.3. The first-order valence-electron chi connectivity index (χ1n) is 13.3. The molecule has 4 aromatic rings. The quantitative estimate of drug-likeness (QED) is 0.188. The molecule has 8 nitrogen and oxygen atoms in total. The summed E-state index contributed by atoms with van der Waals surface area (Å²) in [6, 6.07) is 12.4. The monoisotopic (exact) mass is 532 g/mol. The van der Waals surface area contributed by atoms with E-state index in [1.165, 1.54) is 0 Å². The molecule has 1 aliphatic heterocycles. The van der Waals surface area contributed by atoms with Crippen molar-refractivity contribution in [3.63, 3.8) is 0 Å². The lowest BCUT2D eigenvalue weighted by Gasteiger charge is -2.23. The molecule has 0 saturated heterocycles. The number of aryl methyl sites for hydroxylation is 1. The number of nitrogens with zero attached hydrogens (tertiary/aromatic N) is 2. The minimum absolute atomic E-state index is 0.296. The molecule has 1 aliphatic rings. The number of esters is 1. The van der Waals surface area contributed by atoms with Crippen LogP contribution in [0.4, 0.5) is 0 Å². The maximum Gasteiger partial charge on any atom is 0.340 e. The Hall–Kier alpha value is -3.75. The van der Waals surface area contributed by atoms with Crippen LogP contribution >= 0.6 is 0 Å². The lowest BCUT2D eigenvalue weighted by atomic mass is 9.92. The minimum Gasteiger partial charge on any atom is -0.493 e. The Morgan fingerprint density at radius 1 is 0.974 bits per heavy atom. The van der Waals surface area contributed by atoms with Gasteiger partial charge in [-0.1, -0.05) is 12.1 Å². The van der Waals surface area contributed by atoms with Crippen molar-refractivity contribution in [1.29, 1.82) is 0 Å². The van der Waals surface area contributed by atoms with E-state index in [1.807, 2.05) is 25.1 Å². The lowest BCUT2D eigenvalue weighted by molar-refractivity contribution is 0.0528. The van der Waals surface area contributed by atoms with Gasteiger partial charge in [0.05, 0.1) is 51.9 Å². The first-order chi connectivity index (χ1) is 19.0. The van der Waals surface area contributed by atoms with Crippen LogP contribution in [0, 0.1) is 6.92 Å². The second kappa shape index (κ2) is 11.6. The van der Waals surface area contributed by atoms with Crippen LogP contribution < -0.4 is 9.47 Å². The Morgan fingerprint density at radius 3 is 2.51 bits per heavy atom. The zero-order valence-corrected chi connectivity index (χ0v) is 23.3. The lowest BCUT2D eigenvalue weighted by Crippen LogP contribution is -2.15. The summed E-state index contributed by atoms with van der Waals surface area (Å²) < 4.78 is 32.0. The molecule has 0 unspecified atom stereocenters. The summed E-state index contributed by atoms with van der Waals surface area (Å²) in [5.74, 6) is 0.991. The van der Waals surface area contributed by atoms with Crippen molar-refractivity contribution in [3.8, 4) is 33.9 Å². The fraction of sp³-hybridized carbons (Fsp3) is 0.387. The zero-order valence-electron chi connectivity index (χ0n) is 23.3. The normalized spacial score (nSPS) is 12.3. The summed E-state index contributed by atoms with van der Waals surface area (Å²) >= 11 is 0. The Kier molecular flexibility index (Phi) is 7.95. The highest BCUT2D eigenvalue weighted by atomic mass is 16.5. The minimum atomic E-state index is -0.324. The fourth-order valence-electron chi connectivity index (χ4n) is 5.65. The van der Waals surface area contributed by atoms with Crippen LogP contribution in [-0.2, 0) is 33.7 Å². The van der Waals surface area contributed by atoms with Gasteiger partial charge < -0.3 is 32.8 Å². The van der Waals surface area contributed by atoms with Gasteiger partial charge in [0.2, 0.25) is 0 Å². The molecule has 206 valence electrons. The van der Waals surface area contributed by atoms with Gasteiger partial charge in [-0.2, -0.15) is 0 Å². The molecule has 0 fully saturated rings. The third kappa shape index (κ3) is 4.79. The Morgan fingerprint density at radius 2 is 1.77 bits per heavy atom. The van der Waals surface area contributed by atoms with E-state index in [2.05, 4.69) is 40.5 Å². The predicted octanol–water partition coefficient (Wildman–Crippen LogP) is 5.50. The van der Waals surface area contributed by atoms with Crippen LogP contribution in [0.25, 0.3) is 33.3 Å². The van der Waals surface area contributed by atoms with E-state index in [0.717, 1.165) is 64.1 Å². The molecule has 0 radical (unpaired) electrons. The highest BCUT2D eigenvalue weighted by Crippen LogP contribution is 2.46. The molecular formula is C31H36N2O6. The molecule has 0 amide bonds. The number of hydrogen-bond acceptors (Lipinski definition) is 6. The van der Waals surface area contributed by atoms with E-state index in [-0.39, 0.29) is 5.97 Å². The molecule has 0 aliphatic carbocycles. The molecule has 5 rings (SSSR count). The number of carbonyl (C=O) groups excluding carboxylic acids is 1. The highest BCUT2D eigenvalue weighted by Gasteiger charge is 2.33. The number of ether oxygens (including phenoxy) is 5. The topological polar surface area (TPSA) is 73.1 Å². The fourth-order valence-corrected chi connectivity index (χ4v) is 5.65. The van der Waals surface area contributed by atoms with Crippen LogP contribution in [-0.4, -0.2) is 62.9 Å². The van der Waals surface area contributed by atoms with E-state index in [1.54, 1.807) is 21.3 Å². The van der Waals surface area contributed by atoms with E-state index < -0.39 is 0 Å². The first kappa shape index (κ1) is 26.8. The van der Waals surface area contributed by atoms with Crippen molar-refractivity contribution >= 4 is 16.9 Å². The SMILES string of the molecule is CCOC(=O)c1c(-c2cccc3c2ccn3CCOCCOC)c(C)n2c1-c1cc(OC)c(OC)cc1CC2. The number of methoxy groups -OCH3 is 3. The molecule has 2 aromatic heterocycles. The summed E-state index contributed by atoms with van der Waals surface area (Å²) in [7, 11) is 4.94. The maximum atomic E-state index is 13.7. The van der Waals surface area contributed by atoms with Crippen LogP contribution in [0.1, 0.15) is 28.5 Å². The summed E-state index contributed by atoms with van der Waals surface area (Å²) in [6.07, 6.45) is 2.90. The summed E-state index contributed by atoms with van der Waals surface area (Å²) in [5.41, 5.74) is 7.59. The summed E-state index contributed by atoms with van der Waals surface area (Å²) in [6.45, 7) is 7.44. The van der Waals surface area contributed by atoms with E-state index in [9.17, 15) is 4.79 Å². The second-order valence-electron chi connectivity index (χ2n) is 9.52. The van der Waals surface area contributed by atoms with E-state index in [0.29, 0.717) is 43.5 Å². The molecule has 3 heterocycles. The largest absolute Gasteiger partial charge is 0.493 e. The van der Waals surface area contributed by atoms with E-state index >= 15 is 0 Å². The number of hydrogen-bond donors (Lipinski definition) is 0. The van der Waals surface area contributed by atoms with Gasteiger partial charge in [-0.25, -0.2) is 4.79 Å². The van der Waals surface area contributed by atoms with Gasteiger partial charge in [-0.05, 0) is 55.7 Å².